The Morgan fingerprint density at radius 2 is 2.11 bits per heavy atom. The summed E-state index contributed by atoms with van der Waals surface area (Å²) in [6.07, 6.45) is 6.50. The average molecular weight is 376 g/mol. The molecule has 0 atom stereocenters. The average Bonchev–Trinajstić information content (AvgIpc) is 2.98. The monoisotopic (exact) mass is 376 g/mol. The van der Waals surface area contributed by atoms with Gasteiger partial charge >= 0.3 is 0 Å². The highest BCUT2D eigenvalue weighted by atomic mass is 127. The van der Waals surface area contributed by atoms with Gasteiger partial charge in [0.1, 0.15) is 5.82 Å². The van der Waals surface area contributed by atoms with E-state index in [1.807, 2.05) is 18.5 Å². The summed E-state index contributed by atoms with van der Waals surface area (Å²) < 4.78 is 1.97. The third-order valence-electron chi connectivity index (χ3n) is 3.17. The summed E-state index contributed by atoms with van der Waals surface area (Å²) in [5.41, 5.74) is 0. The fourth-order valence-electron chi connectivity index (χ4n) is 1.89. The van der Waals surface area contributed by atoms with Crippen molar-refractivity contribution in [3.8, 4) is 0 Å². The number of guanidine groups is 1. The van der Waals surface area contributed by atoms with Crippen molar-refractivity contribution >= 4 is 29.9 Å². The highest BCUT2D eigenvalue weighted by molar-refractivity contribution is 14.0. The molecule has 0 radical (unpaired) electrons. The summed E-state index contributed by atoms with van der Waals surface area (Å²) in [7, 11) is 3.74. The Kier molecular flexibility index (Phi) is 6.26. The normalized spacial score (nSPS) is 15.4. The van der Waals surface area contributed by atoms with E-state index in [0.717, 1.165) is 30.5 Å². The molecule has 1 heterocycles. The van der Waals surface area contributed by atoms with Crippen LogP contribution in [0, 0.1) is 6.92 Å². The van der Waals surface area contributed by atoms with Crippen molar-refractivity contribution in [2.24, 2.45) is 12.0 Å². The topological polar surface area (TPSA) is 67.1 Å². The third-order valence-corrected chi connectivity index (χ3v) is 3.17. The van der Waals surface area contributed by atoms with E-state index in [2.05, 4.69) is 38.0 Å². The van der Waals surface area contributed by atoms with Crippen molar-refractivity contribution in [2.45, 2.75) is 32.4 Å². The zero-order valence-electron chi connectivity index (χ0n) is 11.6. The van der Waals surface area contributed by atoms with Crippen molar-refractivity contribution < 1.29 is 0 Å². The standard InChI is InChI=1S/C12H20N6.HI/c1-9-16-17-11(18(9)3)8-14-12(13-2)15-10-6-4-5-7-10;/h4-5,10H,6-8H2,1-3H3,(H2,13,14,15);1H. The lowest BCUT2D eigenvalue weighted by atomic mass is 10.2. The Balaban J connectivity index is 0.00000180. The van der Waals surface area contributed by atoms with E-state index in [9.17, 15) is 0 Å². The van der Waals surface area contributed by atoms with Gasteiger partial charge in [-0.25, -0.2) is 0 Å². The maximum absolute atomic E-state index is 4.21. The molecule has 2 N–H and O–H groups in total. The van der Waals surface area contributed by atoms with E-state index in [1.165, 1.54) is 0 Å². The predicted octanol–water partition coefficient (Wildman–Crippen LogP) is 1.13. The molecule has 0 aromatic carbocycles. The van der Waals surface area contributed by atoms with Crippen molar-refractivity contribution in [1.29, 1.82) is 0 Å². The molecule has 106 valence electrons. The quantitative estimate of drug-likeness (QED) is 0.359. The molecule has 0 amide bonds. The summed E-state index contributed by atoms with van der Waals surface area (Å²) in [4.78, 5) is 4.21. The van der Waals surface area contributed by atoms with E-state index in [-0.39, 0.29) is 24.0 Å². The fourth-order valence-corrected chi connectivity index (χ4v) is 1.89. The number of rotatable bonds is 3. The lowest BCUT2D eigenvalue weighted by Crippen LogP contribution is -2.42. The minimum absolute atomic E-state index is 0. The zero-order valence-corrected chi connectivity index (χ0v) is 13.9. The Hall–Kier alpha value is -1.12. The molecule has 1 aromatic rings. The van der Waals surface area contributed by atoms with Crippen LogP contribution >= 0.6 is 24.0 Å². The van der Waals surface area contributed by atoms with Crippen LogP contribution in [0.2, 0.25) is 0 Å². The van der Waals surface area contributed by atoms with E-state index >= 15 is 0 Å². The first-order valence-corrected chi connectivity index (χ1v) is 6.17. The van der Waals surface area contributed by atoms with E-state index in [1.54, 1.807) is 7.05 Å². The first-order valence-electron chi connectivity index (χ1n) is 6.17. The van der Waals surface area contributed by atoms with Crippen molar-refractivity contribution in [3.63, 3.8) is 0 Å². The minimum Gasteiger partial charge on any atom is -0.353 e. The minimum atomic E-state index is 0. The van der Waals surface area contributed by atoms with Crippen LogP contribution in [0.1, 0.15) is 24.5 Å². The highest BCUT2D eigenvalue weighted by Crippen LogP contribution is 2.08. The van der Waals surface area contributed by atoms with Gasteiger partial charge < -0.3 is 15.2 Å². The summed E-state index contributed by atoms with van der Waals surface area (Å²) in [6.45, 7) is 2.56. The molecule has 0 saturated carbocycles. The van der Waals surface area contributed by atoms with E-state index < -0.39 is 0 Å². The number of hydrogen-bond donors (Lipinski definition) is 2. The number of nitrogens with zero attached hydrogens (tertiary/aromatic N) is 4. The molecule has 0 saturated heterocycles. The Morgan fingerprint density at radius 3 is 2.63 bits per heavy atom. The first kappa shape index (κ1) is 15.9. The number of hydrogen-bond acceptors (Lipinski definition) is 3. The molecular formula is C12H21IN6. The van der Waals surface area contributed by atoms with Crippen molar-refractivity contribution in [1.82, 2.24) is 25.4 Å². The summed E-state index contributed by atoms with van der Waals surface area (Å²) in [5, 5.41) is 14.8. The van der Waals surface area contributed by atoms with E-state index in [4.69, 9.17) is 0 Å². The summed E-state index contributed by atoms with van der Waals surface area (Å²) in [6, 6.07) is 0.456. The molecule has 0 unspecified atom stereocenters. The lowest BCUT2D eigenvalue weighted by molar-refractivity contribution is 0.626. The predicted molar refractivity (Wildman–Crippen MR) is 86.7 cm³/mol. The molecule has 2 rings (SSSR count). The van der Waals surface area contributed by atoms with Crippen molar-refractivity contribution in [3.05, 3.63) is 23.8 Å². The van der Waals surface area contributed by atoms with Crippen LogP contribution < -0.4 is 10.6 Å². The van der Waals surface area contributed by atoms with Crippen LogP contribution in [0.4, 0.5) is 0 Å². The molecule has 0 fully saturated rings. The second-order valence-corrected chi connectivity index (χ2v) is 4.43. The van der Waals surface area contributed by atoms with Gasteiger partial charge in [0.2, 0.25) is 0 Å². The molecule has 0 aliphatic heterocycles. The van der Waals surface area contributed by atoms with Gasteiger partial charge in [-0.3, -0.25) is 4.99 Å². The molecule has 0 spiro atoms. The maximum atomic E-state index is 4.21. The number of aliphatic imine (C=N–C) groups is 1. The van der Waals surface area contributed by atoms with Crippen LogP contribution in [0.25, 0.3) is 0 Å². The number of aryl methyl sites for hydroxylation is 1. The molecule has 1 aromatic heterocycles. The largest absolute Gasteiger partial charge is 0.353 e. The van der Waals surface area contributed by atoms with Gasteiger partial charge in [-0.2, -0.15) is 0 Å². The van der Waals surface area contributed by atoms with Crippen molar-refractivity contribution in [2.75, 3.05) is 7.05 Å². The van der Waals surface area contributed by atoms with Gasteiger partial charge in [-0.05, 0) is 19.8 Å². The number of nitrogens with one attached hydrogen (secondary N) is 2. The highest BCUT2D eigenvalue weighted by Gasteiger charge is 2.12. The first-order chi connectivity index (χ1) is 8.70. The second kappa shape index (κ2) is 7.46. The molecule has 0 bridgehead atoms. The summed E-state index contributed by atoms with van der Waals surface area (Å²) in [5.74, 6) is 2.62. The molecule has 6 nitrogen and oxygen atoms in total. The fraction of sp³-hybridized carbons (Fsp3) is 0.583. The Bertz CT molecular complexity index is 457. The van der Waals surface area contributed by atoms with Gasteiger partial charge in [-0.1, -0.05) is 12.2 Å². The zero-order chi connectivity index (χ0) is 13.0. The smallest absolute Gasteiger partial charge is 0.191 e. The van der Waals surface area contributed by atoms with Gasteiger partial charge in [-0.15, -0.1) is 34.2 Å². The molecule has 1 aliphatic carbocycles. The number of aromatic nitrogens is 3. The van der Waals surface area contributed by atoms with Crippen LogP contribution in [0.15, 0.2) is 17.1 Å². The molecule has 7 heteroatoms. The van der Waals surface area contributed by atoms with Gasteiger partial charge in [0, 0.05) is 20.1 Å². The van der Waals surface area contributed by atoms with Gasteiger partial charge in [0.25, 0.3) is 0 Å². The van der Waals surface area contributed by atoms with Gasteiger partial charge in [0.15, 0.2) is 11.8 Å². The number of halogens is 1. The Labute approximate surface area is 130 Å². The molecule has 19 heavy (non-hydrogen) atoms. The van der Waals surface area contributed by atoms with E-state index in [0.29, 0.717) is 12.6 Å². The summed E-state index contributed by atoms with van der Waals surface area (Å²) >= 11 is 0. The van der Waals surface area contributed by atoms with Crippen LogP contribution in [-0.2, 0) is 13.6 Å². The molecular weight excluding hydrogens is 355 g/mol. The lowest BCUT2D eigenvalue weighted by Gasteiger charge is -2.16. The molecule has 1 aliphatic rings. The van der Waals surface area contributed by atoms with Crippen LogP contribution in [0.3, 0.4) is 0 Å². The van der Waals surface area contributed by atoms with Crippen LogP contribution in [-0.4, -0.2) is 33.8 Å². The third kappa shape index (κ3) is 4.19. The Morgan fingerprint density at radius 1 is 1.42 bits per heavy atom. The van der Waals surface area contributed by atoms with Gasteiger partial charge in [0.05, 0.1) is 6.54 Å². The van der Waals surface area contributed by atoms with Crippen LogP contribution in [0.5, 0.6) is 0 Å². The maximum Gasteiger partial charge on any atom is 0.191 e. The SMILES string of the molecule is CN=C(NCc1nnc(C)n1C)NC1CC=CC1.I. The second-order valence-electron chi connectivity index (χ2n) is 4.43.